The highest BCUT2D eigenvalue weighted by Gasteiger charge is 2.26. The normalized spacial score (nSPS) is 17.2. The van der Waals surface area contributed by atoms with Gasteiger partial charge in [-0.2, -0.15) is 0 Å². The van der Waals surface area contributed by atoms with E-state index in [2.05, 4.69) is 17.2 Å². The van der Waals surface area contributed by atoms with Crippen LogP contribution in [0.15, 0.2) is 17.1 Å². The van der Waals surface area contributed by atoms with Crippen molar-refractivity contribution < 1.29 is 14.3 Å². The third-order valence-corrected chi connectivity index (χ3v) is 4.73. The number of pyridine rings is 2. The predicted molar refractivity (Wildman–Crippen MR) is 97.5 cm³/mol. The van der Waals surface area contributed by atoms with Crippen molar-refractivity contribution >= 4 is 22.8 Å². The van der Waals surface area contributed by atoms with Crippen molar-refractivity contribution in [2.45, 2.75) is 39.3 Å². The molecule has 0 radical (unpaired) electrons. The van der Waals surface area contributed by atoms with Crippen LogP contribution in [0.3, 0.4) is 0 Å². The molecule has 0 amide bonds. The summed E-state index contributed by atoms with van der Waals surface area (Å²) in [4.78, 5) is 29.9. The van der Waals surface area contributed by atoms with Crippen LogP contribution in [-0.2, 0) is 6.54 Å². The molecule has 1 atom stereocenters. The summed E-state index contributed by atoms with van der Waals surface area (Å²) in [5.74, 6) is -1.72. The van der Waals surface area contributed by atoms with Crippen molar-refractivity contribution in [2.75, 3.05) is 24.5 Å². The van der Waals surface area contributed by atoms with Crippen LogP contribution < -0.4 is 15.6 Å². The standard InChI is InChI=1S/C18H23FN4O3/c1-3-6-20-11-5-7-23(9-11)17-14(19)8-12-15(24)13(18(25)26)10-22(4-2)16(12)21-17/h8,10-11,20H,3-7,9H2,1-2H3,(H,25,26). The van der Waals surface area contributed by atoms with Crippen LogP contribution in [0.4, 0.5) is 10.2 Å². The Hall–Kier alpha value is -2.48. The zero-order valence-corrected chi connectivity index (χ0v) is 15.0. The van der Waals surface area contributed by atoms with Gasteiger partial charge < -0.3 is 19.9 Å². The summed E-state index contributed by atoms with van der Waals surface area (Å²) in [6.07, 6.45) is 3.21. The first-order valence-electron chi connectivity index (χ1n) is 8.91. The number of carboxylic acids is 1. The van der Waals surface area contributed by atoms with Gasteiger partial charge in [-0.3, -0.25) is 4.79 Å². The van der Waals surface area contributed by atoms with Crippen LogP contribution in [0.1, 0.15) is 37.0 Å². The maximum Gasteiger partial charge on any atom is 0.341 e. The Balaban J connectivity index is 2.04. The highest BCUT2D eigenvalue weighted by Crippen LogP contribution is 2.25. The van der Waals surface area contributed by atoms with Gasteiger partial charge in [0.1, 0.15) is 11.2 Å². The summed E-state index contributed by atoms with van der Waals surface area (Å²) >= 11 is 0. The summed E-state index contributed by atoms with van der Waals surface area (Å²) in [5, 5.41) is 12.6. The highest BCUT2D eigenvalue weighted by atomic mass is 19.1. The summed E-state index contributed by atoms with van der Waals surface area (Å²) in [6, 6.07) is 1.40. The van der Waals surface area contributed by atoms with Gasteiger partial charge in [0.05, 0.1) is 5.39 Å². The molecule has 0 aliphatic carbocycles. The Labute approximate surface area is 150 Å². The molecule has 1 fully saturated rings. The summed E-state index contributed by atoms with van der Waals surface area (Å²) < 4.78 is 16.3. The van der Waals surface area contributed by atoms with Gasteiger partial charge in [-0.05, 0) is 32.4 Å². The lowest BCUT2D eigenvalue weighted by Gasteiger charge is -2.20. The van der Waals surface area contributed by atoms with Gasteiger partial charge in [-0.25, -0.2) is 14.2 Å². The van der Waals surface area contributed by atoms with Gasteiger partial charge in [0.15, 0.2) is 11.6 Å². The third-order valence-electron chi connectivity index (χ3n) is 4.73. The van der Waals surface area contributed by atoms with Gasteiger partial charge in [0.25, 0.3) is 0 Å². The van der Waals surface area contributed by atoms with Gasteiger partial charge >= 0.3 is 5.97 Å². The van der Waals surface area contributed by atoms with E-state index in [-0.39, 0.29) is 22.8 Å². The third kappa shape index (κ3) is 3.29. The number of carbonyl (C=O) groups is 1. The minimum atomic E-state index is -1.33. The minimum Gasteiger partial charge on any atom is -0.477 e. The lowest BCUT2D eigenvalue weighted by atomic mass is 10.2. The molecule has 0 bridgehead atoms. The Kier molecular flexibility index (Phi) is 5.22. The van der Waals surface area contributed by atoms with E-state index in [0.29, 0.717) is 25.3 Å². The number of fused-ring (bicyclic) bond motifs is 1. The fourth-order valence-corrected chi connectivity index (χ4v) is 3.36. The monoisotopic (exact) mass is 362 g/mol. The molecule has 2 aromatic rings. The second-order valence-electron chi connectivity index (χ2n) is 6.51. The maximum absolute atomic E-state index is 14.7. The smallest absolute Gasteiger partial charge is 0.341 e. The number of nitrogens with one attached hydrogen (secondary N) is 1. The topological polar surface area (TPSA) is 87.5 Å². The van der Waals surface area contributed by atoms with Crippen LogP contribution in [0.5, 0.6) is 0 Å². The number of aryl methyl sites for hydroxylation is 1. The van der Waals surface area contributed by atoms with Gasteiger partial charge in [0, 0.05) is 31.9 Å². The molecule has 7 nitrogen and oxygen atoms in total. The largest absolute Gasteiger partial charge is 0.477 e. The molecule has 2 N–H and O–H groups in total. The molecule has 1 aliphatic rings. The number of hydrogen-bond donors (Lipinski definition) is 2. The Bertz CT molecular complexity index is 896. The van der Waals surface area contributed by atoms with E-state index < -0.39 is 17.2 Å². The van der Waals surface area contributed by atoms with Crippen molar-refractivity contribution in [3.63, 3.8) is 0 Å². The summed E-state index contributed by atoms with van der Waals surface area (Å²) in [6.45, 7) is 6.59. The van der Waals surface area contributed by atoms with Crippen molar-refractivity contribution in [1.82, 2.24) is 14.9 Å². The molecule has 8 heteroatoms. The van der Waals surface area contributed by atoms with E-state index in [4.69, 9.17) is 0 Å². The van der Waals surface area contributed by atoms with Crippen LogP contribution in [0, 0.1) is 5.82 Å². The predicted octanol–water partition coefficient (Wildman–Crippen LogP) is 1.83. The zero-order chi connectivity index (χ0) is 18.8. The molecular formula is C18H23FN4O3. The summed E-state index contributed by atoms with van der Waals surface area (Å²) in [7, 11) is 0. The molecule has 3 rings (SSSR count). The van der Waals surface area contributed by atoms with Crippen molar-refractivity contribution in [3.8, 4) is 0 Å². The average Bonchev–Trinajstić information content (AvgIpc) is 3.08. The molecule has 1 aliphatic heterocycles. The quantitative estimate of drug-likeness (QED) is 0.815. The van der Waals surface area contributed by atoms with Crippen molar-refractivity contribution in [3.05, 3.63) is 33.9 Å². The molecule has 2 aromatic heterocycles. The van der Waals surface area contributed by atoms with Crippen LogP contribution in [-0.4, -0.2) is 46.3 Å². The van der Waals surface area contributed by atoms with Crippen LogP contribution in [0.2, 0.25) is 0 Å². The number of carboxylic acid groups (broad SMARTS) is 1. The van der Waals surface area contributed by atoms with E-state index in [0.717, 1.165) is 25.5 Å². The Morgan fingerprint density at radius 2 is 2.23 bits per heavy atom. The first-order valence-corrected chi connectivity index (χ1v) is 8.91. The number of rotatable bonds is 6. The van der Waals surface area contributed by atoms with Gasteiger partial charge in [0.2, 0.25) is 5.43 Å². The first-order chi connectivity index (χ1) is 12.5. The Morgan fingerprint density at radius 1 is 1.46 bits per heavy atom. The summed E-state index contributed by atoms with van der Waals surface area (Å²) in [5.41, 5.74) is -0.777. The molecule has 0 saturated carbocycles. The van der Waals surface area contributed by atoms with E-state index in [9.17, 15) is 19.1 Å². The van der Waals surface area contributed by atoms with Gasteiger partial charge in [-0.15, -0.1) is 0 Å². The van der Waals surface area contributed by atoms with E-state index in [1.165, 1.54) is 6.20 Å². The number of aromatic carboxylic acids is 1. The van der Waals surface area contributed by atoms with E-state index >= 15 is 0 Å². The SMILES string of the molecule is CCCNC1CCN(c2nc3c(cc2F)c(=O)c(C(=O)O)cn3CC)C1. The molecule has 0 spiro atoms. The molecule has 0 aromatic carbocycles. The Morgan fingerprint density at radius 3 is 2.88 bits per heavy atom. The second-order valence-corrected chi connectivity index (χ2v) is 6.51. The van der Waals surface area contributed by atoms with Crippen LogP contribution in [0.25, 0.3) is 11.0 Å². The molecule has 3 heterocycles. The fraction of sp³-hybridized carbons (Fsp3) is 0.500. The number of anilines is 1. The van der Waals surface area contributed by atoms with E-state index in [1.54, 1.807) is 4.57 Å². The molecule has 1 unspecified atom stereocenters. The maximum atomic E-state index is 14.7. The first kappa shape index (κ1) is 18.3. The highest BCUT2D eigenvalue weighted by molar-refractivity contribution is 5.92. The number of halogens is 1. The van der Waals surface area contributed by atoms with Crippen molar-refractivity contribution in [2.24, 2.45) is 0 Å². The molecular weight excluding hydrogens is 339 g/mol. The lowest BCUT2D eigenvalue weighted by Crippen LogP contribution is -2.33. The zero-order valence-electron chi connectivity index (χ0n) is 15.0. The van der Waals surface area contributed by atoms with Crippen LogP contribution >= 0.6 is 0 Å². The van der Waals surface area contributed by atoms with Crippen molar-refractivity contribution in [1.29, 1.82) is 0 Å². The second kappa shape index (κ2) is 7.41. The fourth-order valence-electron chi connectivity index (χ4n) is 3.36. The number of nitrogens with zero attached hydrogens (tertiary/aromatic N) is 3. The minimum absolute atomic E-state index is 0.00662. The average molecular weight is 362 g/mol. The molecule has 1 saturated heterocycles. The number of hydrogen-bond acceptors (Lipinski definition) is 5. The van der Waals surface area contributed by atoms with E-state index in [1.807, 2.05) is 11.8 Å². The molecule has 140 valence electrons. The van der Waals surface area contributed by atoms with Gasteiger partial charge in [-0.1, -0.05) is 6.92 Å². The lowest BCUT2D eigenvalue weighted by molar-refractivity contribution is 0.0695. The molecule has 26 heavy (non-hydrogen) atoms. The number of aromatic nitrogens is 2.